The van der Waals surface area contributed by atoms with Crippen molar-refractivity contribution in [2.45, 2.75) is 62.3 Å². The quantitative estimate of drug-likeness (QED) is 0.144. The van der Waals surface area contributed by atoms with Crippen LogP contribution in [0.15, 0.2) is 54.6 Å². The summed E-state index contributed by atoms with van der Waals surface area (Å²) >= 11 is 0. The van der Waals surface area contributed by atoms with E-state index in [-0.39, 0.29) is 18.9 Å². The molecule has 34 heavy (non-hydrogen) atoms. The number of hydrogen-bond donors (Lipinski definition) is 3. The van der Waals surface area contributed by atoms with Gasteiger partial charge in [-0.25, -0.2) is 0 Å². The first kappa shape index (κ1) is 26.4. The standard InChI is InChI=1S/C26H38F3N4O/c27-26(28,29)11-7-20-34-24(21-22-9-3-1-4-10-22)12-14-25(15-13-24,23(31)32)33(19-8-16-30)17-5-2-6-18-33/h1,3-4,9-10,12-15H,2,5-8,11,16-21,30H2,(H3,31,32)/q+1. The van der Waals surface area contributed by atoms with E-state index in [1.165, 1.54) is 0 Å². The molecule has 0 atom stereocenters. The molecular weight excluding hydrogens is 441 g/mol. The van der Waals surface area contributed by atoms with Crippen molar-refractivity contribution < 1.29 is 22.4 Å². The van der Waals surface area contributed by atoms with Crippen LogP contribution < -0.4 is 11.5 Å². The van der Waals surface area contributed by atoms with Crippen molar-refractivity contribution >= 4 is 5.84 Å². The minimum absolute atomic E-state index is 0.0126. The second-order valence-corrected chi connectivity index (χ2v) is 9.61. The van der Waals surface area contributed by atoms with Crippen LogP contribution in [0.5, 0.6) is 0 Å². The Bertz CT molecular complexity index is 847. The number of nitrogens with one attached hydrogen (secondary N) is 1. The van der Waals surface area contributed by atoms with Crippen molar-refractivity contribution in [1.82, 2.24) is 0 Å². The Hall–Kier alpha value is -2.16. The van der Waals surface area contributed by atoms with Gasteiger partial charge in [0.25, 0.3) is 0 Å². The van der Waals surface area contributed by atoms with Crippen molar-refractivity contribution in [3.63, 3.8) is 0 Å². The summed E-state index contributed by atoms with van der Waals surface area (Å²) < 4.78 is 44.8. The minimum Gasteiger partial charge on any atom is -0.382 e. The Balaban J connectivity index is 1.91. The van der Waals surface area contributed by atoms with Gasteiger partial charge in [-0.2, -0.15) is 13.2 Å². The van der Waals surface area contributed by atoms with Crippen LogP contribution in [0, 0.1) is 5.41 Å². The molecule has 8 heteroatoms. The highest BCUT2D eigenvalue weighted by molar-refractivity contribution is 5.91. The fourth-order valence-electron chi connectivity index (χ4n) is 5.40. The third-order valence-corrected chi connectivity index (χ3v) is 7.22. The van der Waals surface area contributed by atoms with E-state index in [0.29, 0.717) is 17.4 Å². The monoisotopic (exact) mass is 479 g/mol. The highest BCUT2D eigenvalue weighted by atomic mass is 19.4. The van der Waals surface area contributed by atoms with Gasteiger partial charge in [0.1, 0.15) is 5.60 Å². The lowest BCUT2D eigenvalue weighted by Crippen LogP contribution is -2.70. The molecule has 5 N–H and O–H groups in total. The van der Waals surface area contributed by atoms with E-state index in [2.05, 4.69) is 0 Å². The maximum Gasteiger partial charge on any atom is 0.389 e. The summed E-state index contributed by atoms with van der Waals surface area (Å²) in [5.41, 5.74) is 11.5. The van der Waals surface area contributed by atoms with Crippen molar-refractivity contribution in [3.05, 3.63) is 60.2 Å². The third-order valence-electron chi connectivity index (χ3n) is 7.22. The fourth-order valence-corrected chi connectivity index (χ4v) is 5.40. The molecule has 1 aromatic carbocycles. The molecule has 0 spiro atoms. The molecule has 1 aliphatic heterocycles. The first-order valence-electron chi connectivity index (χ1n) is 12.2. The molecule has 2 aliphatic rings. The molecule has 1 fully saturated rings. The van der Waals surface area contributed by atoms with Crippen molar-refractivity contribution in [2.75, 3.05) is 32.8 Å². The number of nitrogens with zero attached hydrogens (tertiary/aromatic N) is 1. The number of nitrogens with two attached hydrogens (primary N) is 2. The fraction of sp³-hybridized carbons (Fsp3) is 0.577. The van der Waals surface area contributed by atoms with Crippen LogP contribution >= 0.6 is 0 Å². The average Bonchev–Trinajstić information content (AvgIpc) is 2.82. The Morgan fingerprint density at radius 2 is 1.65 bits per heavy atom. The van der Waals surface area contributed by atoms with Crippen molar-refractivity contribution in [3.8, 4) is 0 Å². The van der Waals surface area contributed by atoms with Crippen molar-refractivity contribution in [2.24, 2.45) is 11.5 Å². The smallest absolute Gasteiger partial charge is 0.382 e. The largest absolute Gasteiger partial charge is 0.389 e. The van der Waals surface area contributed by atoms with E-state index in [4.69, 9.17) is 21.6 Å². The molecular formula is C26H38F3N4O+. The van der Waals surface area contributed by atoms with Gasteiger partial charge in [0.2, 0.25) is 0 Å². The third kappa shape index (κ3) is 6.09. The van der Waals surface area contributed by atoms with Gasteiger partial charge in [-0.3, -0.25) is 5.41 Å². The van der Waals surface area contributed by atoms with Crippen LogP contribution in [0.1, 0.15) is 44.1 Å². The summed E-state index contributed by atoms with van der Waals surface area (Å²) in [5, 5.41) is 8.58. The lowest BCUT2D eigenvalue weighted by atomic mass is 9.79. The normalized spacial score (nSPS) is 26.5. The zero-order chi connectivity index (χ0) is 24.7. The zero-order valence-corrected chi connectivity index (χ0v) is 19.8. The van der Waals surface area contributed by atoms with Gasteiger partial charge >= 0.3 is 6.18 Å². The van der Waals surface area contributed by atoms with E-state index in [1.54, 1.807) is 0 Å². The summed E-state index contributed by atoms with van der Waals surface area (Å²) in [6.45, 7) is 3.20. The lowest BCUT2D eigenvalue weighted by molar-refractivity contribution is -0.956. The summed E-state index contributed by atoms with van der Waals surface area (Å²) in [6.07, 6.45) is 7.22. The predicted molar refractivity (Wildman–Crippen MR) is 129 cm³/mol. The summed E-state index contributed by atoms with van der Waals surface area (Å²) in [6, 6.07) is 9.76. The number of benzene rings is 1. The van der Waals surface area contributed by atoms with E-state index in [1.807, 2.05) is 54.6 Å². The number of rotatable bonds is 11. The van der Waals surface area contributed by atoms with Gasteiger partial charge in [0.05, 0.1) is 19.6 Å². The number of hydrogen-bond acceptors (Lipinski definition) is 3. The Morgan fingerprint density at radius 3 is 2.21 bits per heavy atom. The molecule has 0 bridgehead atoms. The van der Waals surface area contributed by atoms with E-state index >= 15 is 0 Å². The number of piperidine rings is 1. The average molecular weight is 480 g/mol. The Labute approximate surface area is 200 Å². The number of quaternary nitrogens is 1. The number of alkyl halides is 3. The molecule has 1 saturated heterocycles. The second-order valence-electron chi connectivity index (χ2n) is 9.61. The maximum atomic E-state index is 12.7. The second kappa shape index (κ2) is 11.1. The molecule has 0 unspecified atom stereocenters. The van der Waals surface area contributed by atoms with Crippen LogP contribution in [-0.4, -0.2) is 60.4 Å². The molecule has 1 heterocycles. The van der Waals surface area contributed by atoms with Gasteiger partial charge in [0.15, 0.2) is 11.4 Å². The number of amidine groups is 1. The van der Waals surface area contributed by atoms with Crippen molar-refractivity contribution in [1.29, 1.82) is 5.41 Å². The zero-order valence-electron chi connectivity index (χ0n) is 19.8. The minimum atomic E-state index is -4.20. The lowest BCUT2D eigenvalue weighted by Gasteiger charge is -2.53. The maximum absolute atomic E-state index is 12.7. The molecule has 0 saturated carbocycles. The van der Waals surface area contributed by atoms with E-state index in [9.17, 15) is 13.2 Å². The van der Waals surface area contributed by atoms with Crippen LogP contribution in [0.3, 0.4) is 0 Å². The topological polar surface area (TPSA) is 85.1 Å². The summed E-state index contributed by atoms with van der Waals surface area (Å²) in [5.74, 6) is 0.0734. The van der Waals surface area contributed by atoms with E-state index in [0.717, 1.165) is 50.9 Å². The molecule has 1 aliphatic carbocycles. The van der Waals surface area contributed by atoms with Gasteiger partial charge in [-0.1, -0.05) is 30.3 Å². The van der Waals surface area contributed by atoms with Crippen LogP contribution in [0.25, 0.3) is 0 Å². The molecule has 0 aromatic heterocycles. The molecule has 188 valence electrons. The first-order valence-corrected chi connectivity index (χ1v) is 12.2. The molecule has 0 radical (unpaired) electrons. The van der Waals surface area contributed by atoms with Crippen LogP contribution in [0.4, 0.5) is 13.2 Å². The summed E-state index contributed by atoms with van der Waals surface area (Å²) in [7, 11) is 0. The van der Waals surface area contributed by atoms with Crippen LogP contribution in [-0.2, 0) is 11.2 Å². The molecule has 5 nitrogen and oxygen atoms in total. The first-order chi connectivity index (χ1) is 16.2. The number of likely N-dealkylation sites (tertiary alicyclic amines) is 1. The molecule has 0 amide bonds. The molecule has 3 rings (SSSR count). The van der Waals surface area contributed by atoms with Gasteiger partial charge in [0, 0.05) is 25.9 Å². The predicted octanol–water partition coefficient (Wildman–Crippen LogP) is 4.48. The van der Waals surface area contributed by atoms with Gasteiger partial charge in [-0.05, 0) is 62.1 Å². The number of halogens is 3. The molecule has 1 aromatic rings. The Kier molecular flexibility index (Phi) is 8.60. The SMILES string of the molecule is N=C(N)C1([N+]2(CCCN)CCCCC2)C=CC(Cc2ccccc2)(OCCCC(F)(F)F)C=C1. The summed E-state index contributed by atoms with van der Waals surface area (Å²) in [4.78, 5) is 0. The Morgan fingerprint density at radius 1 is 1.00 bits per heavy atom. The van der Waals surface area contributed by atoms with Gasteiger partial charge in [-0.15, -0.1) is 0 Å². The van der Waals surface area contributed by atoms with Gasteiger partial charge < -0.3 is 20.7 Å². The van der Waals surface area contributed by atoms with Crippen LogP contribution in [0.2, 0.25) is 0 Å². The number of ether oxygens (including phenoxy) is 1. The highest BCUT2D eigenvalue weighted by Crippen LogP contribution is 2.39. The van der Waals surface area contributed by atoms with E-state index < -0.39 is 23.7 Å². The highest BCUT2D eigenvalue weighted by Gasteiger charge is 2.52.